The molecule has 0 spiro atoms. The van der Waals surface area contributed by atoms with Gasteiger partial charge in [0.15, 0.2) is 0 Å². The van der Waals surface area contributed by atoms with Crippen LogP contribution in [0.5, 0.6) is 0 Å². The van der Waals surface area contributed by atoms with Gasteiger partial charge in [-0.1, -0.05) is 13.8 Å². The van der Waals surface area contributed by atoms with Gasteiger partial charge in [-0.15, -0.1) is 0 Å². The molecule has 1 atom stereocenters. The Labute approximate surface area is 144 Å². The molecule has 2 aliphatic rings. The highest BCUT2D eigenvalue weighted by molar-refractivity contribution is 5.89. The van der Waals surface area contributed by atoms with Crippen molar-refractivity contribution in [1.82, 2.24) is 14.7 Å². The third-order valence-corrected chi connectivity index (χ3v) is 4.97. The minimum absolute atomic E-state index is 0.0745. The number of anilines is 1. The number of carbonyl (C=O) groups excluding carboxylic acids is 1. The zero-order valence-corrected chi connectivity index (χ0v) is 14.9. The summed E-state index contributed by atoms with van der Waals surface area (Å²) in [5, 5.41) is 7.48. The van der Waals surface area contributed by atoms with Gasteiger partial charge in [-0.2, -0.15) is 5.10 Å². The molecule has 2 fully saturated rings. The van der Waals surface area contributed by atoms with Gasteiger partial charge in [0.25, 0.3) is 0 Å². The highest BCUT2D eigenvalue weighted by Gasteiger charge is 2.26. The second kappa shape index (κ2) is 8.12. The fourth-order valence-corrected chi connectivity index (χ4v) is 3.71. The molecule has 6 nitrogen and oxygen atoms in total. The van der Waals surface area contributed by atoms with E-state index in [0.29, 0.717) is 24.3 Å². The third-order valence-electron chi connectivity index (χ3n) is 4.97. The number of nitrogens with zero attached hydrogens (tertiary/aromatic N) is 3. The lowest BCUT2D eigenvalue weighted by atomic mass is 10.0. The molecule has 0 aromatic carbocycles. The first-order chi connectivity index (χ1) is 11.6. The number of rotatable bonds is 6. The molecule has 1 amide bonds. The van der Waals surface area contributed by atoms with E-state index in [0.717, 1.165) is 51.5 Å². The molecule has 134 valence electrons. The van der Waals surface area contributed by atoms with Gasteiger partial charge in [0, 0.05) is 38.7 Å². The Morgan fingerprint density at radius 2 is 2.17 bits per heavy atom. The molecule has 1 aromatic heterocycles. The minimum Gasteiger partial charge on any atom is -0.381 e. The largest absolute Gasteiger partial charge is 0.381 e. The molecule has 2 aliphatic heterocycles. The molecule has 24 heavy (non-hydrogen) atoms. The van der Waals surface area contributed by atoms with Crippen molar-refractivity contribution in [2.75, 3.05) is 38.2 Å². The second-order valence-electron chi connectivity index (χ2n) is 7.57. The van der Waals surface area contributed by atoms with Crippen LogP contribution in [0.15, 0.2) is 12.3 Å². The molecule has 3 rings (SSSR count). The maximum absolute atomic E-state index is 12.0. The lowest BCUT2D eigenvalue weighted by Crippen LogP contribution is -2.38. The molecule has 2 saturated heterocycles. The Bertz CT molecular complexity index is 529. The van der Waals surface area contributed by atoms with Crippen molar-refractivity contribution >= 4 is 11.7 Å². The zero-order valence-electron chi connectivity index (χ0n) is 14.9. The van der Waals surface area contributed by atoms with Gasteiger partial charge in [0.1, 0.15) is 5.82 Å². The Hall–Kier alpha value is -1.40. The molecule has 6 heteroatoms. The Morgan fingerprint density at radius 1 is 1.38 bits per heavy atom. The number of carbonyl (C=O) groups is 1. The van der Waals surface area contributed by atoms with E-state index in [-0.39, 0.29) is 5.91 Å². The van der Waals surface area contributed by atoms with Gasteiger partial charge >= 0.3 is 0 Å². The number of likely N-dealkylation sites (tertiary alicyclic amines) is 1. The maximum atomic E-state index is 12.0. The van der Waals surface area contributed by atoms with Crippen LogP contribution in [0.1, 0.15) is 45.6 Å². The molecule has 0 aliphatic carbocycles. The summed E-state index contributed by atoms with van der Waals surface area (Å²) in [5.74, 6) is 1.98. The SMILES string of the molecule is CC(C)CC(=O)Nc1ccnn1C1CCN(C[C@@H]2CCOC2)CC1. The van der Waals surface area contributed by atoms with Crippen LogP contribution < -0.4 is 5.32 Å². The molecule has 1 N–H and O–H groups in total. The average molecular weight is 334 g/mol. The first-order valence-corrected chi connectivity index (χ1v) is 9.25. The lowest BCUT2D eigenvalue weighted by molar-refractivity contribution is -0.116. The van der Waals surface area contributed by atoms with Gasteiger partial charge in [0.2, 0.25) is 5.91 Å². The van der Waals surface area contributed by atoms with E-state index >= 15 is 0 Å². The number of hydrogen-bond acceptors (Lipinski definition) is 4. The average Bonchev–Trinajstić information content (AvgIpc) is 3.19. The molecule has 0 unspecified atom stereocenters. The normalized spacial score (nSPS) is 23.0. The van der Waals surface area contributed by atoms with Crippen molar-refractivity contribution in [3.8, 4) is 0 Å². The molecule has 0 radical (unpaired) electrons. The van der Waals surface area contributed by atoms with Crippen molar-refractivity contribution in [3.63, 3.8) is 0 Å². The maximum Gasteiger partial charge on any atom is 0.225 e. The number of nitrogens with one attached hydrogen (secondary N) is 1. The van der Waals surface area contributed by atoms with Gasteiger partial charge in [-0.05, 0) is 31.1 Å². The number of hydrogen-bond donors (Lipinski definition) is 1. The highest BCUT2D eigenvalue weighted by atomic mass is 16.5. The Kier molecular flexibility index (Phi) is 5.89. The first-order valence-electron chi connectivity index (χ1n) is 9.25. The summed E-state index contributed by atoms with van der Waals surface area (Å²) in [6.07, 6.45) is 5.70. The monoisotopic (exact) mass is 334 g/mol. The van der Waals surface area contributed by atoms with Crippen LogP contribution in [0.3, 0.4) is 0 Å². The number of ether oxygens (including phenoxy) is 1. The van der Waals surface area contributed by atoms with Crippen LogP contribution in [-0.2, 0) is 9.53 Å². The number of amides is 1. The number of aromatic nitrogens is 2. The quantitative estimate of drug-likeness (QED) is 0.868. The van der Waals surface area contributed by atoms with Crippen molar-refractivity contribution in [1.29, 1.82) is 0 Å². The predicted molar refractivity (Wildman–Crippen MR) is 93.9 cm³/mol. The van der Waals surface area contributed by atoms with Crippen molar-refractivity contribution in [3.05, 3.63) is 12.3 Å². The van der Waals surface area contributed by atoms with E-state index in [1.807, 2.05) is 10.7 Å². The molecule has 0 saturated carbocycles. The zero-order chi connectivity index (χ0) is 16.9. The van der Waals surface area contributed by atoms with Crippen molar-refractivity contribution in [2.45, 2.75) is 45.6 Å². The van der Waals surface area contributed by atoms with Crippen LogP contribution in [0.2, 0.25) is 0 Å². The second-order valence-corrected chi connectivity index (χ2v) is 7.57. The van der Waals surface area contributed by atoms with E-state index in [9.17, 15) is 4.79 Å². The molecule has 0 bridgehead atoms. The molecule has 1 aromatic rings. The van der Waals surface area contributed by atoms with E-state index in [4.69, 9.17) is 4.74 Å². The number of piperidine rings is 1. The predicted octanol–water partition coefficient (Wildman–Crippen LogP) is 2.54. The summed E-state index contributed by atoms with van der Waals surface area (Å²) in [4.78, 5) is 14.6. The molecular formula is C18H30N4O2. The van der Waals surface area contributed by atoms with Crippen molar-refractivity contribution in [2.24, 2.45) is 11.8 Å². The minimum atomic E-state index is 0.0745. The van der Waals surface area contributed by atoms with E-state index in [1.54, 1.807) is 6.20 Å². The molecular weight excluding hydrogens is 304 g/mol. The standard InChI is InChI=1S/C18H30N4O2/c1-14(2)11-18(23)20-17-3-7-19-22(17)16-4-8-21(9-5-16)12-15-6-10-24-13-15/h3,7,14-16H,4-6,8-13H2,1-2H3,(H,20,23)/t15-/m0/s1. The Morgan fingerprint density at radius 3 is 2.83 bits per heavy atom. The van der Waals surface area contributed by atoms with Gasteiger partial charge in [-0.25, -0.2) is 4.68 Å². The van der Waals surface area contributed by atoms with E-state index in [1.165, 1.54) is 6.42 Å². The van der Waals surface area contributed by atoms with E-state index in [2.05, 4.69) is 29.2 Å². The van der Waals surface area contributed by atoms with Crippen LogP contribution in [0.4, 0.5) is 5.82 Å². The summed E-state index contributed by atoms with van der Waals surface area (Å²) in [5.41, 5.74) is 0. The highest BCUT2D eigenvalue weighted by Crippen LogP contribution is 2.26. The first kappa shape index (κ1) is 17.4. The van der Waals surface area contributed by atoms with Crippen LogP contribution in [0.25, 0.3) is 0 Å². The van der Waals surface area contributed by atoms with Crippen LogP contribution in [-0.4, -0.2) is 53.4 Å². The summed E-state index contributed by atoms with van der Waals surface area (Å²) in [6, 6.07) is 2.28. The summed E-state index contributed by atoms with van der Waals surface area (Å²) >= 11 is 0. The summed E-state index contributed by atoms with van der Waals surface area (Å²) in [7, 11) is 0. The van der Waals surface area contributed by atoms with Crippen molar-refractivity contribution < 1.29 is 9.53 Å². The Balaban J connectivity index is 1.51. The van der Waals surface area contributed by atoms with Gasteiger partial charge in [-0.3, -0.25) is 4.79 Å². The fourth-order valence-electron chi connectivity index (χ4n) is 3.71. The van der Waals surface area contributed by atoms with Crippen LogP contribution in [0, 0.1) is 11.8 Å². The summed E-state index contributed by atoms with van der Waals surface area (Å²) in [6.45, 7) is 9.31. The fraction of sp³-hybridized carbons (Fsp3) is 0.778. The third kappa shape index (κ3) is 4.57. The van der Waals surface area contributed by atoms with Gasteiger partial charge in [0.05, 0.1) is 18.8 Å². The molecule has 3 heterocycles. The smallest absolute Gasteiger partial charge is 0.225 e. The van der Waals surface area contributed by atoms with E-state index < -0.39 is 0 Å². The topological polar surface area (TPSA) is 59.4 Å². The van der Waals surface area contributed by atoms with Gasteiger partial charge < -0.3 is 15.0 Å². The van der Waals surface area contributed by atoms with Crippen LogP contribution >= 0.6 is 0 Å². The lowest BCUT2D eigenvalue weighted by Gasteiger charge is -2.33. The summed E-state index contributed by atoms with van der Waals surface area (Å²) < 4.78 is 7.49.